The van der Waals surface area contributed by atoms with E-state index in [9.17, 15) is 14.4 Å². The summed E-state index contributed by atoms with van der Waals surface area (Å²) < 4.78 is 0. The third kappa shape index (κ3) is 3.34. The van der Waals surface area contributed by atoms with Crippen molar-refractivity contribution in [2.24, 2.45) is 11.8 Å². The molecule has 0 spiro atoms. The van der Waals surface area contributed by atoms with Crippen molar-refractivity contribution in [1.82, 2.24) is 14.8 Å². The van der Waals surface area contributed by atoms with Gasteiger partial charge in [0.25, 0.3) is 11.5 Å². The van der Waals surface area contributed by atoms with Crippen LogP contribution in [0.1, 0.15) is 52.1 Å². The molecule has 4 rings (SSSR count). The number of H-pyrrole nitrogens is 1. The number of fused-ring (bicyclic) bond motifs is 1. The molecule has 3 heterocycles. The number of nitrogens with zero attached hydrogens (tertiary/aromatic N) is 2. The number of amides is 2. The number of aryl methyl sites for hydroxylation is 3. The highest BCUT2D eigenvalue weighted by molar-refractivity contribution is 5.94. The molecule has 2 saturated heterocycles. The first-order valence-electron chi connectivity index (χ1n) is 10.7. The van der Waals surface area contributed by atoms with Crippen LogP contribution in [-0.4, -0.2) is 46.2 Å². The minimum Gasteiger partial charge on any atom is -0.338 e. The summed E-state index contributed by atoms with van der Waals surface area (Å²) in [6.45, 7) is 9.48. The van der Waals surface area contributed by atoms with E-state index in [2.05, 4.69) is 24.0 Å². The van der Waals surface area contributed by atoms with Gasteiger partial charge in [-0.25, -0.2) is 0 Å². The fourth-order valence-electron chi connectivity index (χ4n) is 5.04. The van der Waals surface area contributed by atoms with Crippen molar-refractivity contribution in [3.05, 3.63) is 68.6 Å². The van der Waals surface area contributed by atoms with Gasteiger partial charge in [-0.1, -0.05) is 31.2 Å². The van der Waals surface area contributed by atoms with Gasteiger partial charge < -0.3 is 14.8 Å². The number of benzene rings is 1. The monoisotopic (exact) mass is 407 g/mol. The second kappa shape index (κ2) is 7.74. The van der Waals surface area contributed by atoms with E-state index in [1.54, 1.807) is 11.0 Å². The molecule has 1 N–H and O–H groups in total. The normalized spacial score (nSPS) is 23.0. The molecule has 6 heteroatoms. The Morgan fingerprint density at radius 1 is 1.07 bits per heavy atom. The van der Waals surface area contributed by atoms with Crippen LogP contribution >= 0.6 is 0 Å². The Labute approximate surface area is 176 Å². The fraction of sp³-hybridized carbons (Fsp3) is 0.458. The van der Waals surface area contributed by atoms with Crippen molar-refractivity contribution >= 4 is 11.8 Å². The first kappa shape index (κ1) is 20.4. The molecular formula is C24H29N3O3. The van der Waals surface area contributed by atoms with Gasteiger partial charge >= 0.3 is 0 Å². The molecule has 6 nitrogen and oxygen atoms in total. The third-order valence-electron chi connectivity index (χ3n) is 6.81. The van der Waals surface area contributed by atoms with E-state index in [1.807, 2.05) is 37.8 Å². The maximum absolute atomic E-state index is 13.2. The molecule has 2 amide bonds. The maximum atomic E-state index is 13.2. The van der Waals surface area contributed by atoms with E-state index < -0.39 is 0 Å². The van der Waals surface area contributed by atoms with Gasteiger partial charge in [-0.2, -0.15) is 0 Å². The number of hydrogen-bond donors (Lipinski definition) is 1. The van der Waals surface area contributed by atoms with Crippen molar-refractivity contribution in [3.8, 4) is 0 Å². The van der Waals surface area contributed by atoms with Crippen molar-refractivity contribution in [3.63, 3.8) is 0 Å². The molecule has 2 aromatic rings. The second-order valence-corrected chi connectivity index (χ2v) is 8.66. The lowest BCUT2D eigenvalue weighted by Crippen LogP contribution is -2.38. The lowest BCUT2D eigenvalue weighted by Gasteiger charge is -2.31. The van der Waals surface area contributed by atoms with Gasteiger partial charge in [-0.3, -0.25) is 14.4 Å². The van der Waals surface area contributed by atoms with Crippen molar-refractivity contribution in [2.45, 2.75) is 40.2 Å². The van der Waals surface area contributed by atoms with Crippen LogP contribution in [0.2, 0.25) is 0 Å². The van der Waals surface area contributed by atoms with E-state index in [-0.39, 0.29) is 40.8 Å². The number of hydrogen-bond acceptors (Lipinski definition) is 3. The number of rotatable bonds is 3. The van der Waals surface area contributed by atoms with E-state index >= 15 is 0 Å². The Bertz CT molecular complexity index is 1060. The number of carbonyl (C=O) groups excluding carboxylic acids is 2. The van der Waals surface area contributed by atoms with Crippen LogP contribution in [-0.2, 0) is 4.79 Å². The Morgan fingerprint density at radius 2 is 1.80 bits per heavy atom. The van der Waals surface area contributed by atoms with Crippen LogP contribution < -0.4 is 5.56 Å². The quantitative estimate of drug-likeness (QED) is 0.850. The van der Waals surface area contributed by atoms with Crippen molar-refractivity contribution in [2.75, 3.05) is 19.6 Å². The summed E-state index contributed by atoms with van der Waals surface area (Å²) in [4.78, 5) is 44.8. The molecular weight excluding hydrogens is 378 g/mol. The van der Waals surface area contributed by atoms with E-state index in [1.165, 1.54) is 0 Å². The predicted molar refractivity (Wildman–Crippen MR) is 115 cm³/mol. The molecule has 2 aliphatic heterocycles. The van der Waals surface area contributed by atoms with E-state index in [4.69, 9.17) is 0 Å². The molecule has 3 atom stereocenters. The number of aromatic amines is 1. The Hall–Kier alpha value is -2.89. The average molecular weight is 408 g/mol. The Morgan fingerprint density at radius 3 is 2.50 bits per heavy atom. The topological polar surface area (TPSA) is 73.5 Å². The summed E-state index contributed by atoms with van der Waals surface area (Å²) in [5.41, 5.74) is 3.86. The average Bonchev–Trinajstić information content (AvgIpc) is 3.28. The molecule has 158 valence electrons. The number of likely N-dealkylation sites (tertiary alicyclic amines) is 2. The second-order valence-electron chi connectivity index (χ2n) is 8.66. The van der Waals surface area contributed by atoms with Gasteiger partial charge in [0.2, 0.25) is 5.91 Å². The molecule has 0 aliphatic carbocycles. The zero-order valence-corrected chi connectivity index (χ0v) is 18.1. The zero-order chi connectivity index (χ0) is 21.6. The van der Waals surface area contributed by atoms with Crippen LogP contribution in [0.3, 0.4) is 0 Å². The molecule has 0 bridgehead atoms. The van der Waals surface area contributed by atoms with Crippen molar-refractivity contribution < 1.29 is 9.59 Å². The van der Waals surface area contributed by atoms with Crippen LogP contribution in [0, 0.1) is 32.6 Å². The van der Waals surface area contributed by atoms with Crippen LogP contribution in [0.15, 0.2) is 35.1 Å². The summed E-state index contributed by atoms with van der Waals surface area (Å²) in [6.07, 6.45) is 0.475. The van der Waals surface area contributed by atoms with Crippen LogP contribution in [0.5, 0.6) is 0 Å². The smallest absolute Gasteiger partial charge is 0.261 e. The lowest BCUT2D eigenvalue weighted by molar-refractivity contribution is -0.132. The fourth-order valence-corrected chi connectivity index (χ4v) is 5.04. The number of carbonyl (C=O) groups is 2. The summed E-state index contributed by atoms with van der Waals surface area (Å²) in [6, 6.07) is 9.85. The van der Waals surface area contributed by atoms with E-state index in [0.29, 0.717) is 26.1 Å². The highest BCUT2D eigenvalue weighted by atomic mass is 16.2. The molecule has 1 aromatic heterocycles. The zero-order valence-electron chi connectivity index (χ0n) is 18.1. The highest BCUT2D eigenvalue weighted by Gasteiger charge is 2.50. The first-order chi connectivity index (χ1) is 14.3. The molecule has 0 unspecified atom stereocenters. The summed E-state index contributed by atoms with van der Waals surface area (Å²) in [5.74, 6) is 0.336. The highest BCUT2D eigenvalue weighted by Crippen LogP contribution is 2.46. The number of nitrogens with one attached hydrogen (secondary N) is 1. The van der Waals surface area contributed by atoms with Crippen LogP contribution in [0.25, 0.3) is 0 Å². The lowest BCUT2D eigenvalue weighted by atomic mass is 9.87. The summed E-state index contributed by atoms with van der Waals surface area (Å²) in [7, 11) is 0. The maximum Gasteiger partial charge on any atom is 0.261 e. The van der Waals surface area contributed by atoms with Crippen molar-refractivity contribution in [1.29, 1.82) is 0 Å². The van der Waals surface area contributed by atoms with Crippen LogP contribution in [0.4, 0.5) is 0 Å². The summed E-state index contributed by atoms with van der Waals surface area (Å²) in [5, 5.41) is 0. The van der Waals surface area contributed by atoms with Gasteiger partial charge in [0.15, 0.2) is 0 Å². The van der Waals surface area contributed by atoms with E-state index in [0.717, 1.165) is 22.4 Å². The van der Waals surface area contributed by atoms with Gasteiger partial charge in [0.1, 0.15) is 5.56 Å². The van der Waals surface area contributed by atoms with Gasteiger partial charge in [0, 0.05) is 43.6 Å². The standard InChI is InChI=1S/C24H29N3O3/c1-5-21(28)27-12-17-11-26(24(30)19-10-15(3)16(4)25-23(19)29)13-20(17)22(27)18-9-7-6-8-14(18)2/h6-10,17,20,22H,5,11-13H2,1-4H3,(H,25,29)/t17-,20-,22+/m0/s1. The van der Waals surface area contributed by atoms with Gasteiger partial charge in [0.05, 0.1) is 6.04 Å². The minimum atomic E-state index is -0.335. The molecule has 1 aromatic carbocycles. The molecule has 2 fully saturated rings. The Balaban J connectivity index is 1.64. The van der Waals surface area contributed by atoms with Gasteiger partial charge in [-0.05, 0) is 43.5 Å². The summed E-state index contributed by atoms with van der Waals surface area (Å²) >= 11 is 0. The largest absolute Gasteiger partial charge is 0.338 e. The molecule has 30 heavy (non-hydrogen) atoms. The minimum absolute atomic E-state index is 0.0283. The van der Waals surface area contributed by atoms with Gasteiger partial charge in [-0.15, -0.1) is 0 Å². The Kier molecular flexibility index (Phi) is 5.26. The predicted octanol–water partition coefficient (Wildman–Crippen LogP) is 2.98. The number of aromatic nitrogens is 1. The molecule has 0 radical (unpaired) electrons. The third-order valence-corrected chi connectivity index (χ3v) is 6.81. The SMILES string of the molecule is CCC(=O)N1C[C@@H]2CN(C(=O)c3cc(C)c(C)[nH]c3=O)C[C@@H]2[C@H]1c1ccccc1C. The number of pyridine rings is 1. The molecule has 0 saturated carbocycles. The first-order valence-corrected chi connectivity index (χ1v) is 10.7. The molecule has 2 aliphatic rings.